The van der Waals surface area contributed by atoms with Gasteiger partial charge in [-0.1, -0.05) is 43.2 Å². The highest BCUT2D eigenvalue weighted by Gasteiger charge is 2.00. The number of unbranched alkanes of at least 4 members (excludes halogenated alkanes) is 3. The molecular weight excluding hydrogens is 260 g/mol. The maximum absolute atomic E-state index is 4.49. The Kier molecular flexibility index (Phi) is 4.56. The van der Waals surface area contributed by atoms with Gasteiger partial charge >= 0.3 is 0 Å². The van der Waals surface area contributed by atoms with Crippen molar-refractivity contribution in [1.82, 2.24) is 19.6 Å². The number of rotatable bonds is 7. The average Bonchev–Trinajstić information content (AvgIpc) is 2.99. The normalized spacial score (nSPS) is 11.0. The van der Waals surface area contributed by atoms with Crippen molar-refractivity contribution in [3.05, 3.63) is 60.3 Å². The van der Waals surface area contributed by atoms with Crippen LogP contribution in [0.2, 0.25) is 0 Å². The van der Waals surface area contributed by atoms with E-state index in [1.54, 1.807) is 17.0 Å². The van der Waals surface area contributed by atoms with Crippen molar-refractivity contribution in [2.24, 2.45) is 0 Å². The first-order chi connectivity index (χ1) is 10.4. The molecule has 0 atom stereocenters. The van der Waals surface area contributed by atoms with Gasteiger partial charge in [0.15, 0.2) is 5.65 Å². The first-order valence-corrected chi connectivity index (χ1v) is 7.61. The number of hydrogen-bond donors (Lipinski definition) is 0. The van der Waals surface area contributed by atoms with E-state index in [2.05, 4.69) is 45.4 Å². The van der Waals surface area contributed by atoms with Crippen molar-refractivity contribution in [3.8, 4) is 0 Å². The fourth-order valence-electron chi connectivity index (χ4n) is 2.50. The molecule has 0 bridgehead atoms. The van der Waals surface area contributed by atoms with Crippen LogP contribution in [0.1, 0.15) is 37.1 Å². The lowest BCUT2D eigenvalue weighted by atomic mass is 10.1. The largest absolute Gasteiger partial charge is 0.221 e. The van der Waals surface area contributed by atoms with E-state index in [1.807, 2.05) is 6.07 Å². The lowest BCUT2D eigenvalue weighted by Gasteiger charge is -2.02. The van der Waals surface area contributed by atoms with Gasteiger partial charge < -0.3 is 0 Å². The van der Waals surface area contributed by atoms with Gasteiger partial charge in [0, 0.05) is 12.5 Å². The van der Waals surface area contributed by atoms with Crippen LogP contribution in [0.25, 0.3) is 5.65 Å². The summed E-state index contributed by atoms with van der Waals surface area (Å²) in [4.78, 5) is 8.82. The average molecular weight is 280 g/mol. The molecule has 0 saturated heterocycles. The van der Waals surface area contributed by atoms with Crippen LogP contribution in [-0.4, -0.2) is 19.6 Å². The molecule has 3 rings (SSSR count). The molecule has 0 fully saturated rings. The number of aryl methyl sites for hydroxylation is 2. The van der Waals surface area contributed by atoms with Crippen molar-refractivity contribution in [3.63, 3.8) is 0 Å². The zero-order chi connectivity index (χ0) is 14.3. The third kappa shape index (κ3) is 3.88. The molecule has 21 heavy (non-hydrogen) atoms. The smallest absolute Gasteiger partial charge is 0.158 e. The van der Waals surface area contributed by atoms with E-state index in [9.17, 15) is 0 Å². The van der Waals surface area contributed by atoms with Crippen LogP contribution in [0.15, 0.2) is 48.9 Å². The minimum absolute atomic E-state index is 0.879. The first-order valence-electron chi connectivity index (χ1n) is 7.61. The van der Waals surface area contributed by atoms with Gasteiger partial charge in [-0.3, -0.25) is 0 Å². The molecule has 0 N–H and O–H groups in total. The molecule has 0 amide bonds. The minimum Gasteiger partial charge on any atom is -0.221 e. The fourth-order valence-corrected chi connectivity index (χ4v) is 2.50. The van der Waals surface area contributed by atoms with E-state index < -0.39 is 0 Å². The van der Waals surface area contributed by atoms with Crippen LogP contribution < -0.4 is 0 Å². The van der Waals surface area contributed by atoms with E-state index in [1.165, 1.54) is 31.2 Å². The van der Waals surface area contributed by atoms with Gasteiger partial charge in [0.2, 0.25) is 0 Å². The van der Waals surface area contributed by atoms with Crippen molar-refractivity contribution in [2.45, 2.75) is 38.5 Å². The van der Waals surface area contributed by atoms with Crippen LogP contribution in [0.5, 0.6) is 0 Å². The first kappa shape index (κ1) is 13.7. The summed E-state index contributed by atoms with van der Waals surface area (Å²) < 4.78 is 1.70. The minimum atomic E-state index is 0.879. The number of fused-ring (bicyclic) bond motifs is 1. The van der Waals surface area contributed by atoms with Gasteiger partial charge in [0.05, 0.1) is 6.20 Å². The standard InChI is InChI=1S/C17H20N4/c1(4-8-15-9-5-3-6-10-15)2-7-11-16-18-14-21-17(20-16)12-13-19-21/h3,5-6,9-10,12-14H,1-2,4,7-8,11H2. The molecule has 0 radical (unpaired) electrons. The maximum Gasteiger partial charge on any atom is 0.158 e. The predicted octanol–water partition coefficient (Wildman–Crippen LogP) is 3.47. The summed E-state index contributed by atoms with van der Waals surface area (Å²) in [7, 11) is 0. The number of nitrogens with zero attached hydrogens (tertiary/aromatic N) is 4. The van der Waals surface area contributed by atoms with Crippen molar-refractivity contribution in [2.75, 3.05) is 0 Å². The monoisotopic (exact) mass is 280 g/mol. The lowest BCUT2D eigenvalue weighted by molar-refractivity contribution is 0.628. The Labute approximate surface area is 124 Å². The topological polar surface area (TPSA) is 43.1 Å². The second kappa shape index (κ2) is 6.97. The molecule has 4 nitrogen and oxygen atoms in total. The maximum atomic E-state index is 4.49. The highest BCUT2D eigenvalue weighted by Crippen LogP contribution is 2.09. The Hall–Kier alpha value is -2.23. The molecule has 0 aliphatic carbocycles. The molecule has 0 unspecified atom stereocenters. The second-order valence-corrected chi connectivity index (χ2v) is 5.31. The van der Waals surface area contributed by atoms with Crippen molar-refractivity contribution >= 4 is 5.65 Å². The van der Waals surface area contributed by atoms with Crippen molar-refractivity contribution < 1.29 is 0 Å². The summed E-state index contributed by atoms with van der Waals surface area (Å²) in [5.74, 6) is 0.922. The summed E-state index contributed by atoms with van der Waals surface area (Å²) in [6, 6.07) is 12.6. The van der Waals surface area contributed by atoms with E-state index in [-0.39, 0.29) is 0 Å². The number of hydrogen-bond acceptors (Lipinski definition) is 3. The Morgan fingerprint density at radius 1 is 0.857 bits per heavy atom. The molecule has 0 aliphatic heterocycles. The Bertz CT molecular complexity index is 675. The van der Waals surface area contributed by atoms with Crippen molar-refractivity contribution in [1.29, 1.82) is 0 Å². The summed E-state index contributed by atoms with van der Waals surface area (Å²) in [5, 5.41) is 4.10. The van der Waals surface area contributed by atoms with E-state index >= 15 is 0 Å². The molecule has 108 valence electrons. The highest BCUT2D eigenvalue weighted by atomic mass is 15.3. The molecule has 0 saturated carbocycles. The van der Waals surface area contributed by atoms with Gasteiger partial charge in [0.25, 0.3) is 0 Å². The predicted molar refractivity (Wildman–Crippen MR) is 83.1 cm³/mol. The summed E-state index contributed by atoms with van der Waals surface area (Å²) in [6.45, 7) is 0. The quantitative estimate of drug-likeness (QED) is 0.622. The van der Waals surface area contributed by atoms with E-state index in [4.69, 9.17) is 0 Å². The summed E-state index contributed by atoms with van der Waals surface area (Å²) >= 11 is 0. The van der Waals surface area contributed by atoms with E-state index in [0.29, 0.717) is 0 Å². The molecular formula is C17H20N4. The Morgan fingerprint density at radius 2 is 1.67 bits per heavy atom. The van der Waals surface area contributed by atoms with Crippen LogP contribution in [0, 0.1) is 0 Å². The third-order valence-corrected chi connectivity index (χ3v) is 3.67. The van der Waals surface area contributed by atoms with Crippen LogP contribution in [-0.2, 0) is 12.8 Å². The summed E-state index contributed by atoms with van der Waals surface area (Å²) in [5.41, 5.74) is 2.32. The number of aromatic nitrogens is 4. The molecule has 2 heterocycles. The van der Waals surface area contributed by atoms with Crippen LogP contribution in [0.3, 0.4) is 0 Å². The number of benzene rings is 1. The fraction of sp³-hybridized carbons (Fsp3) is 0.353. The van der Waals surface area contributed by atoms with Gasteiger partial charge in [-0.05, 0) is 24.8 Å². The zero-order valence-corrected chi connectivity index (χ0v) is 12.2. The highest BCUT2D eigenvalue weighted by molar-refractivity contribution is 5.34. The SMILES string of the molecule is c1ccc(CCCCCCc2ncn3nccc3n2)cc1. The molecule has 3 aromatic rings. The molecule has 4 heteroatoms. The van der Waals surface area contributed by atoms with Gasteiger partial charge in [0.1, 0.15) is 12.2 Å². The summed E-state index contributed by atoms with van der Waals surface area (Å²) in [6.07, 6.45) is 10.5. The molecule has 2 aromatic heterocycles. The Balaban J connectivity index is 1.36. The van der Waals surface area contributed by atoms with Gasteiger partial charge in [-0.2, -0.15) is 5.10 Å². The second-order valence-electron chi connectivity index (χ2n) is 5.31. The Morgan fingerprint density at radius 3 is 2.52 bits per heavy atom. The molecule has 0 aliphatic rings. The van der Waals surface area contributed by atoms with Gasteiger partial charge in [-0.15, -0.1) is 0 Å². The molecule has 0 spiro atoms. The third-order valence-electron chi connectivity index (χ3n) is 3.67. The van der Waals surface area contributed by atoms with E-state index in [0.717, 1.165) is 24.3 Å². The lowest BCUT2D eigenvalue weighted by Crippen LogP contribution is -1.99. The van der Waals surface area contributed by atoms with Crippen LogP contribution in [0.4, 0.5) is 0 Å². The van der Waals surface area contributed by atoms with Crippen LogP contribution >= 0.6 is 0 Å². The molecule has 1 aromatic carbocycles. The van der Waals surface area contributed by atoms with Gasteiger partial charge in [-0.25, -0.2) is 14.5 Å². The zero-order valence-electron chi connectivity index (χ0n) is 12.2.